The lowest BCUT2D eigenvalue weighted by molar-refractivity contribution is 0.238. The van der Waals surface area contributed by atoms with Crippen molar-refractivity contribution in [2.45, 2.75) is 20.0 Å². The van der Waals surface area contributed by atoms with Gasteiger partial charge in [0.05, 0.1) is 11.6 Å². The van der Waals surface area contributed by atoms with Gasteiger partial charge >= 0.3 is 6.03 Å². The number of hydrogen-bond acceptors (Lipinski definition) is 3. The number of carbonyl (C=O) groups excluding carboxylic acids is 1. The molecule has 0 spiro atoms. The molecule has 0 unspecified atom stereocenters. The molecular weight excluding hydrogens is 297 g/mol. The summed E-state index contributed by atoms with van der Waals surface area (Å²) in [5.41, 5.74) is 0.639. The maximum absolute atomic E-state index is 13.6. The van der Waals surface area contributed by atoms with E-state index in [0.29, 0.717) is 18.7 Å². The number of nitrogens with zero attached hydrogens (tertiary/aromatic N) is 3. The zero-order valence-electron chi connectivity index (χ0n) is 12.8. The van der Waals surface area contributed by atoms with Gasteiger partial charge in [-0.05, 0) is 30.2 Å². The highest BCUT2D eigenvalue weighted by Crippen LogP contribution is 2.09. The second-order valence-electron chi connectivity index (χ2n) is 5.31. The molecule has 0 aliphatic heterocycles. The first kappa shape index (κ1) is 16.5. The van der Waals surface area contributed by atoms with E-state index in [-0.39, 0.29) is 24.1 Å². The first-order valence-corrected chi connectivity index (χ1v) is 7.26. The van der Waals surface area contributed by atoms with E-state index in [1.807, 2.05) is 25.3 Å². The molecular formula is C16H18FN5O. The second-order valence-corrected chi connectivity index (χ2v) is 5.31. The smallest absolute Gasteiger partial charge is 0.315 e. The van der Waals surface area contributed by atoms with E-state index in [0.717, 1.165) is 0 Å². The molecule has 0 saturated heterocycles. The van der Waals surface area contributed by atoms with Gasteiger partial charge in [0.25, 0.3) is 0 Å². The largest absolute Gasteiger partial charge is 0.338 e. The van der Waals surface area contributed by atoms with Crippen LogP contribution in [0.3, 0.4) is 0 Å². The van der Waals surface area contributed by atoms with E-state index in [1.54, 1.807) is 10.9 Å². The number of urea groups is 1. The quantitative estimate of drug-likeness (QED) is 0.855. The molecule has 1 aromatic carbocycles. The summed E-state index contributed by atoms with van der Waals surface area (Å²) in [5, 5.41) is 18.2. The van der Waals surface area contributed by atoms with Crippen LogP contribution < -0.4 is 10.6 Å². The third-order valence-electron chi connectivity index (χ3n) is 3.28. The fraction of sp³-hybridized carbons (Fsp3) is 0.312. The van der Waals surface area contributed by atoms with Crippen LogP contribution in [0.5, 0.6) is 0 Å². The summed E-state index contributed by atoms with van der Waals surface area (Å²) in [4.78, 5) is 11.8. The fourth-order valence-corrected chi connectivity index (χ4v) is 2.08. The van der Waals surface area contributed by atoms with Crippen LogP contribution in [0.1, 0.15) is 18.1 Å². The van der Waals surface area contributed by atoms with Crippen LogP contribution >= 0.6 is 0 Å². The van der Waals surface area contributed by atoms with E-state index in [1.165, 1.54) is 18.2 Å². The monoisotopic (exact) mass is 315 g/mol. The van der Waals surface area contributed by atoms with E-state index in [2.05, 4.69) is 15.7 Å². The number of nitriles is 1. The Kier molecular flexibility index (Phi) is 5.69. The number of halogens is 1. The summed E-state index contributed by atoms with van der Waals surface area (Å²) in [7, 11) is 0. The van der Waals surface area contributed by atoms with E-state index in [4.69, 9.17) is 5.26 Å². The Hall–Kier alpha value is -2.88. The lowest BCUT2D eigenvalue weighted by Gasteiger charge is -2.13. The van der Waals surface area contributed by atoms with Gasteiger partial charge in [-0.3, -0.25) is 4.68 Å². The molecule has 2 aromatic rings. The number of aromatic nitrogens is 2. The third kappa shape index (κ3) is 5.11. The van der Waals surface area contributed by atoms with Gasteiger partial charge in [0.1, 0.15) is 5.82 Å². The van der Waals surface area contributed by atoms with E-state index >= 15 is 0 Å². The number of benzene rings is 1. The summed E-state index contributed by atoms with van der Waals surface area (Å²) in [5.74, 6) is -0.240. The molecule has 2 rings (SSSR count). The van der Waals surface area contributed by atoms with Crippen molar-refractivity contribution in [3.05, 3.63) is 53.6 Å². The fourth-order valence-electron chi connectivity index (χ4n) is 2.08. The normalized spacial score (nSPS) is 11.5. The van der Waals surface area contributed by atoms with Crippen LogP contribution in [0.4, 0.5) is 9.18 Å². The van der Waals surface area contributed by atoms with Crippen LogP contribution in [0.25, 0.3) is 0 Å². The molecule has 0 saturated carbocycles. The predicted molar refractivity (Wildman–Crippen MR) is 82.7 cm³/mol. The highest BCUT2D eigenvalue weighted by Gasteiger charge is 2.08. The van der Waals surface area contributed by atoms with Gasteiger partial charge in [0.15, 0.2) is 0 Å². The zero-order valence-corrected chi connectivity index (χ0v) is 12.8. The molecule has 1 atom stereocenters. The Bertz CT molecular complexity index is 693. The van der Waals surface area contributed by atoms with Gasteiger partial charge in [-0.1, -0.05) is 6.92 Å². The van der Waals surface area contributed by atoms with Gasteiger partial charge in [0.2, 0.25) is 0 Å². The van der Waals surface area contributed by atoms with Gasteiger partial charge in [-0.2, -0.15) is 10.4 Å². The minimum absolute atomic E-state index is 0.0285. The standard InChI is InChI=1S/C16H18FN5O/c1-12(11-22-6-2-5-21-22)9-19-16(23)20-10-14-7-13(8-18)3-4-15(14)17/h2-7,12H,9-11H2,1H3,(H2,19,20,23)/t12-/m1/s1. The molecule has 1 heterocycles. The van der Waals surface area contributed by atoms with Gasteiger partial charge < -0.3 is 10.6 Å². The van der Waals surface area contributed by atoms with Crippen LogP contribution in [-0.2, 0) is 13.1 Å². The molecule has 0 bridgehead atoms. The van der Waals surface area contributed by atoms with Gasteiger partial charge in [-0.25, -0.2) is 9.18 Å². The topological polar surface area (TPSA) is 82.7 Å². The first-order valence-electron chi connectivity index (χ1n) is 7.26. The minimum Gasteiger partial charge on any atom is -0.338 e. The summed E-state index contributed by atoms with van der Waals surface area (Å²) in [6, 6.07) is 7.46. The molecule has 23 heavy (non-hydrogen) atoms. The molecule has 6 nitrogen and oxygen atoms in total. The third-order valence-corrected chi connectivity index (χ3v) is 3.28. The lowest BCUT2D eigenvalue weighted by Crippen LogP contribution is -2.38. The van der Waals surface area contributed by atoms with E-state index in [9.17, 15) is 9.18 Å². The van der Waals surface area contributed by atoms with Crippen molar-refractivity contribution in [3.63, 3.8) is 0 Å². The molecule has 2 N–H and O–H groups in total. The molecule has 2 amide bonds. The Morgan fingerprint density at radius 1 is 1.48 bits per heavy atom. The first-order chi connectivity index (χ1) is 11.1. The van der Waals surface area contributed by atoms with Crippen molar-refractivity contribution in [2.75, 3.05) is 6.54 Å². The molecule has 1 aromatic heterocycles. The summed E-state index contributed by atoms with van der Waals surface area (Å²) in [6.07, 6.45) is 3.57. The van der Waals surface area contributed by atoms with Crippen LogP contribution in [0.2, 0.25) is 0 Å². The Labute approximate surface area is 133 Å². The second kappa shape index (κ2) is 7.94. The van der Waals surface area contributed by atoms with E-state index < -0.39 is 5.82 Å². The molecule has 0 radical (unpaired) electrons. The van der Waals surface area contributed by atoms with Gasteiger partial charge in [0, 0.05) is 37.6 Å². The summed E-state index contributed by atoms with van der Waals surface area (Å²) in [6.45, 7) is 3.21. The maximum Gasteiger partial charge on any atom is 0.315 e. The van der Waals surface area contributed by atoms with Crippen LogP contribution in [-0.4, -0.2) is 22.4 Å². The number of carbonyl (C=O) groups is 1. The summed E-state index contributed by atoms with van der Waals surface area (Å²) >= 11 is 0. The van der Waals surface area contributed by atoms with Crippen molar-refractivity contribution in [1.82, 2.24) is 20.4 Å². The average molecular weight is 315 g/mol. The molecule has 120 valence electrons. The van der Waals surface area contributed by atoms with Crippen LogP contribution in [0.15, 0.2) is 36.7 Å². The van der Waals surface area contributed by atoms with Crippen molar-refractivity contribution in [2.24, 2.45) is 5.92 Å². The van der Waals surface area contributed by atoms with Crippen molar-refractivity contribution in [3.8, 4) is 6.07 Å². The average Bonchev–Trinajstić information content (AvgIpc) is 3.05. The zero-order chi connectivity index (χ0) is 16.7. The molecule has 7 heteroatoms. The predicted octanol–water partition coefficient (Wildman–Crippen LogP) is 2.03. The number of amides is 2. The highest BCUT2D eigenvalue weighted by atomic mass is 19.1. The lowest BCUT2D eigenvalue weighted by atomic mass is 10.1. The Morgan fingerprint density at radius 3 is 3.00 bits per heavy atom. The van der Waals surface area contributed by atoms with Crippen LogP contribution in [0, 0.1) is 23.1 Å². The SMILES string of the molecule is C[C@H](CNC(=O)NCc1cc(C#N)ccc1F)Cn1cccn1. The number of nitrogens with one attached hydrogen (secondary N) is 2. The highest BCUT2D eigenvalue weighted by molar-refractivity contribution is 5.73. The van der Waals surface area contributed by atoms with Gasteiger partial charge in [-0.15, -0.1) is 0 Å². The number of hydrogen-bond donors (Lipinski definition) is 2. The molecule has 0 aliphatic rings. The van der Waals surface area contributed by atoms with Crippen molar-refractivity contribution in [1.29, 1.82) is 5.26 Å². The summed E-state index contributed by atoms with van der Waals surface area (Å²) < 4.78 is 15.4. The molecule has 0 aliphatic carbocycles. The van der Waals surface area contributed by atoms with Crippen molar-refractivity contribution >= 4 is 6.03 Å². The maximum atomic E-state index is 13.6. The Morgan fingerprint density at radius 2 is 2.30 bits per heavy atom. The Balaban J connectivity index is 1.76. The minimum atomic E-state index is -0.448. The number of rotatable bonds is 6. The van der Waals surface area contributed by atoms with Crippen molar-refractivity contribution < 1.29 is 9.18 Å². The molecule has 0 fully saturated rings.